The van der Waals surface area contributed by atoms with Crippen LogP contribution in [0.1, 0.15) is 17.5 Å². The highest BCUT2D eigenvalue weighted by molar-refractivity contribution is 5.29. The molecule has 0 spiro atoms. The van der Waals surface area contributed by atoms with Crippen LogP contribution in [0.25, 0.3) is 0 Å². The smallest absolute Gasteiger partial charge is 0.165 e. The molecular weight excluding hydrogens is 223 g/mol. The van der Waals surface area contributed by atoms with Crippen LogP contribution in [0.3, 0.4) is 0 Å². The van der Waals surface area contributed by atoms with Crippen molar-refractivity contribution in [2.45, 2.75) is 12.5 Å². The molecule has 1 aromatic carbocycles. The van der Waals surface area contributed by atoms with Crippen LogP contribution in [0.15, 0.2) is 30.6 Å². The second-order valence-electron chi connectivity index (χ2n) is 3.66. The van der Waals surface area contributed by atoms with Crippen LogP contribution in [0.2, 0.25) is 0 Å². The van der Waals surface area contributed by atoms with Gasteiger partial charge in [0.05, 0.1) is 7.11 Å². The third-order valence-electron chi connectivity index (χ3n) is 2.48. The summed E-state index contributed by atoms with van der Waals surface area (Å²) in [6.45, 7) is 0. The summed E-state index contributed by atoms with van der Waals surface area (Å²) in [6.07, 6.45) is 2.73. The fourth-order valence-electron chi connectivity index (χ4n) is 1.62. The first kappa shape index (κ1) is 11.6. The predicted octanol–water partition coefficient (Wildman–Crippen LogP) is 1.83. The van der Waals surface area contributed by atoms with Gasteiger partial charge < -0.3 is 14.8 Å². The van der Waals surface area contributed by atoms with E-state index in [0.717, 1.165) is 0 Å². The maximum atomic E-state index is 13.4. The molecule has 0 aliphatic rings. The largest absolute Gasteiger partial charge is 0.494 e. The Morgan fingerprint density at radius 1 is 1.53 bits per heavy atom. The summed E-state index contributed by atoms with van der Waals surface area (Å²) in [5, 5.41) is 9.83. The first-order chi connectivity index (χ1) is 8.20. The average Bonchev–Trinajstić information content (AvgIpc) is 2.82. The van der Waals surface area contributed by atoms with Crippen LogP contribution < -0.4 is 4.74 Å². The van der Waals surface area contributed by atoms with Gasteiger partial charge in [0.15, 0.2) is 11.6 Å². The van der Waals surface area contributed by atoms with Crippen molar-refractivity contribution in [3.63, 3.8) is 0 Å². The lowest BCUT2D eigenvalue weighted by Crippen LogP contribution is -2.04. The highest BCUT2D eigenvalue weighted by Crippen LogP contribution is 2.21. The Hall–Kier alpha value is -1.88. The number of nitrogens with zero attached hydrogens (tertiary/aromatic N) is 1. The SMILES string of the molecule is COc1ccc(CC(O)c2ncc[nH]2)cc1F. The van der Waals surface area contributed by atoms with E-state index in [0.29, 0.717) is 17.8 Å². The highest BCUT2D eigenvalue weighted by atomic mass is 19.1. The molecule has 0 aliphatic heterocycles. The molecule has 1 atom stereocenters. The van der Waals surface area contributed by atoms with Gasteiger partial charge in [0.25, 0.3) is 0 Å². The topological polar surface area (TPSA) is 58.1 Å². The van der Waals surface area contributed by atoms with E-state index in [1.807, 2.05) is 0 Å². The summed E-state index contributed by atoms with van der Waals surface area (Å²) in [4.78, 5) is 6.76. The number of aliphatic hydroxyl groups is 1. The van der Waals surface area contributed by atoms with Crippen molar-refractivity contribution < 1.29 is 14.2 Å². The molecule has 90 valence electrons. The Bertz CT molecular complexity index is 485. The second-order valence-corrected chi connectivity index (χ2v) is 3.66. The summed E-state index contributed by atoms with van der Waals surface area (Å²) in [6, 6.07) is 4.61. The minimum absolute atomic E-state index is 0.196. The van der Waals surface area contributed by atoms with Gasteiger partial charge in [-0.15, -0.1) is 0 Å². The normalized spacial score (nSPS) is 12.4. The fourth-order valence-corrected chi connectivity index (χ4v) is 1.62. The number of hydrogen-bond donors (Lipinski definition) is 2. The van der Waals surface area contributed by atoms with Crippen molar-refractivity contribution in [1.29, 1.82) is 0 Å². The van der Waals surface area contributed by atoms with Crippen molar-refractivity contribution in [2.24, 2.45) is 0 Å². The number of imidazole rings is 1. The van der Waals surface area contributed by atoms with Crippen LogP contribution in [-0.2, 0) is 6.42 Å². The van der Waals surface area contributed by atoms with Crippen molar-refractivity contribution in [2.75, 3.05) is 7.11 Å². The summed E-state index contributed by atoms with van der Waals surface area (Å²) in [5.74, 6) is 0.235. The van der Waals surface area contributed by atoms with Gasteiger partial charge in [-0.3, -0.25) is 0 Å². The number of methoxy groups -OCH3 is 1. The van der Waals surface area contributed by atoms with Gasteiger partial charge in [0.2, 0.25) is 0 Å². The molecule has 4 nitrogen and oxygen atoms in total. The Balaban J connectivity index is 2.11. The second kappa shape index (κ2) is 4.97. The molecule has 0 bridgehead atoms. The molecule has 0 radical (unpaired) electrons. The predicted molar refractivity (Wildman–Crippen MR) is 60.2 cm³/mol. The van der Waals surface area contributed by atoms with Gasteiger partial charge in [-0.2, -0.15) is 0 Å². The van der Waals surface area contributed by atoms with Crippen molar-refractivity contribution in [1.82, 2.24) is 9.97 Å². The number of hydrogen-bond acceptors (Lipinski definition) is 3. The molecule has 1 aromatic heterocycles. The van der Waals surface area contributed by atoms with Crippen molar-refractivity contribution in [3.05, 3.63) is 47.8 Å². The molecule has 1 unspecified atom stereocenters. The number of ether oxygens (including phenoxy) is 1. The van der Waals surface area contributed by atoms with E-state index in [9.17, 15) is 9.50 Å². The molecule has 1 heterocycles. The molecule has 0 saturated carbocycles. The van der Waals surface area contributed by atoms with E-state index < -0.39 is 11.9 Å². The highest BCUT2D eigenvalue weighted by Gasteiger charge is 2.12. The van der Waals surface area contributed by atoms with Crippen LogP contribution in [0.4, 0.5) is 4.39 Å². The Morgan fingerprint density at radius 3 is 2.94 bits per heavy atom. The average molecular weight is 236 g/mol. The Labute approximate surface area is 98.1 Å². The molecule has 2 aromatic rings. The summed E-state index contributed by atoms with van der Waals surface area (Å²) in [7, 11) is 1.41. The molecular formula is C12H13FN2O2. The molecule has 17 heavy (non-hydrogen) atoms. The van der Waals surface area contributed by atoms with Crippen molar-refractivity contribution >= 4 is 0 Å². The van der Waals surface area contributed by atoms with Crippen molar-refractivity contribution in [3.8, 4) is 5.75 Å². The first-order valence-electron chi connectivity index (χ1n) is 5.20. The van der Waals surface area contributed by atoms with Crippen LogP contribution in [-0.4, -0.2) is 22.2 Å². The van der Waals surface area contributed by atoms with Gasteiger partial charge in [-0.25, -0.2) is 9.37 Å². The number of rotatable bonds is 4. The first-order valence-corrected chi connectivity index (χ1v) is 5.20. The van der Waals surface area contributed by atoms with Crippen LogP contribution in [0, 0.1) is 5.82 Å². The van der Waals surface area contributed by atoms with E-state index in [2.05, 4.69) is 9.97 Å². The van der Waals surface area contributed by atoms with Gasteiger partial charge >= 0.3 is 0 Å². The molecule has 2 N–H and O–H groups in total. The van der Waals surface area contributed by atoms with E-state index in [1.165, 1.54) is 13.2 Å². The van der Waals surface area contributed by atoms with Gasteiger partial charge in [-0.1, -0.05) is 6.07 Å². The molecule has 0 aliphatic carbocycles. The van der Waals surface area contributed by atoms with Crippen LogP contribution in [0.5, 0.6) is 5.75 Å². The lowest BCUT2D eigenvalue weighted by molar-refractivity contribution is 0.169. The number of aliphatic hydroxyl groups excluding tert-OH is 1. The molecule has 0 amide bonds. The molecule has 0 saturated heterocycles. The standard InChI is InChI=1S/C12H13FN2O2/c1-17-11-3-2-8(6-9(11)13)7-10(16)12-14-4-5-15-12/h2-6,10,16H,7H2,1H3,(H,14,15). The van der Waals surface area contributed by atoms with Gasteiger partial charge in [0.1, 0.15) is 11.9 Å². The molecule has 5 heteroatoms. The number of aromatic nitrogens is 2. The zero-order valence-corrected chi connectivity index (χ0v) is 9.35. The zero-order valence-electron chi connectivity index (χ0n) is 9.35. The van der Waals surface area contributed by atoms with E-state index in [-0.39, 0.29) is 5.75 Å². The maximum Gasteiger partial charge on any atom is 0.165 e. The number of benzene rings is 1. The zero-order chi connectivity index (χ0) is 12.3. The monoisotopic (exact) mass is 236 g/mol. The van der Waals surface area contributed by atoms with E-state index in [1.54, 1.807) is 24.5 Å². The summed E-state index contributed by atoms with van der Waals surface area (Å²) in [5.41, 5.74) is 0.687. The fraction of sp³-hybridized carbons (Fsp3) is 0.250. The van der Waals surface area contributed by atoms with Gasteiger partial charge in [-0.05, 0) is 17.7 Å². The number of aromatic amines is 1. The van der Waals surface area contributed by atoms with Crippen LogP contribution >= 0.6 is 0 Å². The lowest BCUT2D eigenvalue weighted by Gasteiger charge is -2.09. The maximum absolute atomic E-state index is 13.4. The molecule has 2 rings (SSSR count). The van der Waals surface area contributed by atoms with E-state index >= 15 is 0 Å². The summed E-state index contributed by atoms with van der Waals surface area (Å²) >= 11 is 0. The third kappa shape index (κ3) is 2.62. The number of halogens is 1. The Kier molecular flexibility index (Phi) is 3.39. The quantitative estimate of drug-likeness (QED) is 0.851. The lowest BCUT2D eigenvalue weighted by atomic mass is 10.1. The Morgan fingerprint density at radius 2 is 2.35 bits per heavy atom. The van der Waals surface area contributed by atoms with Gasteiger partial charge in [0, 0.05) is 18.8 Å². The summed E-state index contributed by atoms with van der Waals surface area (Å²) < 4.78 is 18.2. The minimum Gasteiger partial charge on any atom is -0.494 e. The van der Waals surface area contributed by atoms with E-state index in [4.69, 9.17) is 4.74 Å². The minimum atomic E-state index is -0.766. The number of H-pyrrole nitrogens is 1. The number of nitrogens with one attached hydrogen (secondary N) is 1. The molecule has 0 fully saturated rings. The third-order valence-corrected chi connectivity index (χ3v) is 2.48.